The third-order valence-corrected chi connectivity index (χ3v) is 3.38. The minimum Gasteiger partial charge on any atom is -0.454 e. The lowest BCUT2D eigenvalue weighted by molar-refractivity contribution is 0.477. The number of benzene rings is 1. The summed E-state index contributed by atoms with van der Waals surface area (Å²) >= 11 is 0. The summed E-state index contributed by atoms with van der Waals surface area (Å²) in [7, 11) is 0. The van der Waals surface area contributed by atoms with Crippen molar-refractivity contribution < 1.29 is 4.74 Å². The Morgan fingerprint density at radius 3 is 2.62 bits per heavy atom. The standard InChI is InChI=1S/C17H17N3O/c1-2-15(18)17-8-7-13(10-20-17)21-14-9-12-5-3-4-6-16(12)19-11-14/h3-11,15H,2,18H2,1H3. The van der Waals surface area contributed by atoms with Gasteiger partial charge in [-0.3, -0.25) is 9.97 Å². The van der Waals surface area contributed by atoms with Gasteiger partial charge in [-0.1, -0.05) is 25.1 Å². The van der Waals surface area contributed by atoms with Crippen molar-refractivity contribution in [2.75, 3.05) is 0 Å². The summed E-state index contributed by atoms with van der Waals surface area (Å²) in [6.07, 6.45) is 4.27. The topological polar surface area (TPSA) is 61.0 Å². The molecule has 0 spiro atoms. The second-order valence-corrected chi connectivity index (χ2v) is 4.90. The van der Waals surface area contributed by atoms with E-state index in [0.717, 1.165) is 23.0 Å². The van der Waals surface area contributed by atoms with Crippen molar-refractivity contribution in [1.82, 2.24) is 9.97 Å². The van der Waals surface area contributed by atoms with Crippen LogP contribution in [-0.2, 0) is 0 Å². The van der Waals surface area contributed by atoms with E-state index >= 15 is 0 Å². The number of para-hydroxylation sites is 1. The lowest BCUT2D eigenvalue weighted by atomic mass is 10.1. The zero-order valence-corrected chi connectivity index (χ0v) is 11.9. The van der Waals surface area contributed by atoms with Gasteiger partial charge in [-0.05, 0) is 30.7 Å². The second-order valence-electron chi connectivity index (χ2n) is 4.90. The van der Waals surface area contributed by atoms with E-state index < -0.39 is 0 Å². The van der Waals surface area contributed by atoms with Crippen LogP contribution in [-0.4, -0.2) is 9.97 Å². The minimum absolute atomic E-state index is 0.0265. The van der Waals surface area contributed by atoms with Crippen LogP contribution >= 0.6 is 0 Å². The molecule has 2 aromatic heterocycles. The highest BCUT2D eigenvalue weighted by Crippen LogP contribution is 2.24. The second kappa shape index (κ2) is 5.89. The Labute approximate surface area is 123 Å². The first-order valence-corrected chi connectivity index (χ1v) is 7.00. The van der Waals surface area contributed by atoms with Crippen LogP contribution in [0, 0.1) is 0 Å². The van der Waals surface area contributed by atoms with Gasteiger partial charge in [-0.15, -0.1) is 0 Å². The number of aromatic nitrogens is 2. The number of nitrogens with two attached hydrogens (primary N) is 1. The van der Waals surface area contributed by atoms with Crippen molar-refractivity contribution in [1.29, 1.82) is 0 Å². The molecule has 106 valence electrons. The van der Waals surface area contributed by atoms with Gasteiger partial charge in [0.25, 0.3) is 0 Å². The first kappa shape index (κ1) is 13.5. The van der Waals surface area contributed by atoms with Crippen molar-refractivity contribution in [3.63, 3.8) is 0 Å². The zero-order chi connectivity index (χ0) is 14.7. The normalized spacial score (nSPS) is 12.3. The van der Waals surface area contributed by atoms with Crippen LogP contribution in [0.3, 0.4) is 0 Å². The summed E-state index contributed by atoms with van der Waals surface area (Å²) in [5.74, 6) is 1.38. The lowest BCUT2D eigenvalue weighted by Gasteiger charge is -2.10. The van der Waals surface area contributed by atoms with Gasteiger partial charge in [0, 0.05) is 11.4 Å². The smallest absolute Gasteiger partial charge is 0.146 e. The number of fused-ring (bicyclic) bond motifs is 1. The molecule has 3 rings (SSSR count). The average molecular weight is 279 g/mol. The van der Waals surface area contributed by atoms with Crippen molar-refractivity contribution in [2.24, 2.45) is 5.73 Å². The summed E-state index contributed by atoms with van der Waals surface area (Å²) < 4.78 is 5.79. The van der Waals surface area contributed by atoms with Gasteiger partial charge in [0.05, 0.1) is 23.6 Å². The molecule has 2 heterocycles. The Kier molecular flexibility index (Phi) is 3.79. The number of nitrogens with zero attached hydrogens (tertiary/aromatic N) is 2. The van der Waals surface area contributed by atoms with Gasteiger partial charge < -0.3 is 10.5 Å². The minimum atomic E-state index is -0.0265. The van der Waals surface area contributed by atoms with Crippen LogP contribution in [0.4, 0.5) is 0 Å². The number of ether oxygens (including phenoxy) is 1. The number of rotatable bonds is 4. The highest BCUT2D eigenvalue weighted by molar-refractivity contribution is 5.79. The van der Waals surface area contributed by atoms with E-state index in [2.05, 4.69) is 9.97 Å². The first-order chi connectivity index (χ1) is 10.3. The molecule has 0 fully saturated rings. The molecule has 2 N–H and O–H groups in total. The van der Waals surface area contributed by atoms with E-state index in [1.165, 1.54) is 0 Å². The van der Waals surface area contributed by atoms with Gasteiger partial charge in [0.15, 0.2) is 0 Å². The molecule has 4 nitrogen and oxygen atoms in total. The fourth-order valence-electron chi connectivity index (χ4n) is 2.12. The van der Waals surface area contributed by atoms with E-state index in [-0.39, 0.29) is 6.04 Å². The van der Waals surface area contributed by atoms with Crippen molar-refractivity contribution >= 4 is 10.9 Å². The molecule has 0 bridgehead atoms. The van der Waals surface area contributed by atoms with Crippen LogP contribution in [0.25, 0.3) is 10.9 Å². The van der Waals surface area contributed by atoms with Gasteiger partial charge >= 0.3 is 0 Å². The molecular weight excluding hydrogens is 262 g/mol. The maximum Gasteiger partial charge on any atom is 0.146 e. The molecule has 21 heavy (non-hydrogen) atoms. The van der Waals surface area contributed by atoms with Crippen LogP contribution in [0.15, 0.2) is 54.9 Å². The predicted molar refractivity (Wildman–Crippen MR) is 83.3 cm³/mol. The molecule has 1 atom stereocenters. The fraction of sp³-hybridized carbons (Fsp3) is 0.176. The number of hydrogen-bond donors (Lipinski definition) is 1. The Balaban J connectivity index is 1.81. The summed E-state index contributed by atoms with van der Waals surface area (Å²) in [5, 5.41) is 1.05. The molecule has 0 amide bonds. The Hall–Kier alpha value is -2.46. The summed E-state index contributed by atoms with van der Waals surface area (Å²) in [4.78, 5) is 8.71. The monoisotopic (exact) mass is 279 g/mol. The third-order valence-electron chi connectivity index (χ3n) is 3.38. The van der Waals surface area contributed by atoms with Crippen molar-refractivity contribution in [2.45, 2.75) is 19.4 Å². The Bertz CT molecular complexity index is 740. The molecule has 0 saturated heterocycles. The molecule has 0 aliphatic rings. The first-order valence-electron chi connectivity index (χ1n) is 7.00. The Morgan fingerprint density at radius 2 is 1.86 bits per heavy atom. The van der Waals surface area contributed by atoms with Crippen LogP contribution in [0.5, 0.6) is 11.5 Å². The average Bonchev–Trinajstić information content (AvgIpc) is 2.55. The largest absolute Gasteiger partial charge is 0.454 e. The summed E-state index contributed by atoms with van der Waals surface area (Å²) in [5.41, 5.74) is 7.77. The van der Waals surface area contributed by atoms with Crippen LogP contribution in [0.2, 0.25) is 0 Å². The molecule has 4 heteroatoms. The molecule has 0 aliphatic heterocycles. The van der Waals surface area contributed by atoms with Gasteiger partial charge in [0.2, 0.25) is 0 Å². The fourth-order valence-corrected chi connectivity index (χ4v) is 2.12. The quantitative estimate of drug-likeness (QED) is 0.788. The Morgan fingerprint density at radius 1 is 1.05 bits per heavy atom. The van der Waals surface area contributed by atoms with E-state index in [9.17, 15) is 0 Å². The highest BCUT2D eigenvalue weighted by Gasteiger charge is 2.05. The molecule has 0 aliphatic carbocycles. The summed E-state index contributed by atoms with van der Waals surface area (Å²) in [6.45, 7) is 2.04. The molecule has 0 radical (unpaired) electrons. The zero-order valence-electron chi connectivity index (χ0n) is 11.9. The molecule has 1 unspecified atom stereocenters. The van der Waals surface area contributed by atoms with E-state index in [1.54, 1.807) is 12.4 Å². The number of hydrogen-bond acceptors (Lipinski definition) is 4. The highest BCUT2D eigenvalue weighted by atomic mass is 16.5. The van der Waals surface area contributed by atoms with Crippen molar-refractivity contribution in [3.8, 4) is 11.5 Å². The van der Waals surface area contributed by atoms with E-state index in [4.69, 9.17) is 10.5 Å². The van der Waals surface area contributed by atoms with Gasteiger partial charge in [-0.2, -0.15) is 0 Å². The number of pyridine rings is 2. The van der Waals surface area contributed by atoms with Crippen molar-refractivity contribution in [3.05, 3.63) is 60.6 Å². The predicted octanol–water partition coefficient (Wildman–Crippen LogP) is 3.83. The molecule has 0 saturated carbocycles. The lowest BCUT2D eigenvalue weighted by Crippen LogP contribution is -2.10. The van der Waals surface area contributed by atoms with Crippen LogP contribution < -0.4 is 10.5 Å². The van der Waals surface area contributed by atoms with Gasteiger partial charge in [0.1, 0.15) is 11.5 Å². The third kappa shape index (κ3) is 3.01. The van der Waals surface area contributed by atoms with E-state index in [1.807, 2.05) is 49.4 Å². The SMILES string of the molecule is CCC(N)c1ccc(Oc2cnc3ccccc3c2)cn1. The molecule has 1 aromatic carbocycles. The van der Waals surface area contributed by atoms with Gasteiger partial charge in [-0.25, -0.2) is 0 Å². The maximum atomic E-state index is 5.95. The maximum absolute atomic E-state index is 5.95. The summed E-state index contributed by atoms with van der Waals surface area (Å²) in [6, 6.07) is 13.7. The van der Waals surface area contributed by atoms with Crippen LogP contribution in [0.1, 0.15) is 25.1 Å². The molecule has 3 aromatic rings. The van der Waals surface area contributed by atoms with E-state index in [0.29, 0.717) is 11.5 Å². The molecular formula is C17H17N3O.